The van der Waals surface area contributed by atoms with Crippen molar-refractivity contribution in [3.05, 3.63) is 77.9 Å². The van der Waals surface area contributed by atoms with E-state index in [4.69, 9.17) is 0 Å². The van der Waals surface area contributed by atoms with E-state index in [2.05, 4.69) is 15.8 Å². The van der Waals surface area contributed by atoms with Crippen molar-refractivity contribution in [1.82, 2.24) is 5.43 Å². The molecule has 2 amide bonds. The number of nitrogens with one attached hydrogen (secondary N) is 2. The van der Waals surface area contributed by atoms with Crippen LogP contribution >= 0.6 is 0 Å². The Bertz CT molecular complexity index is 1050. The Balaban J connectivity index is 1.77. The molecule has 5 heteroatoms. The molecule has 3 aromatic rings. The first-order valence-corrected chi connectivity index (χ1v) is 9.19. The van der Waals surface area contributed by atoms with Crippen LogP contribution in [-0.4, -0.2) is 17.5 Å². The Labute approximate surface area is 164 Å². The minimum absolute atomic E-state index is 0.0454. The van der Waals surface area contributed by atoms with Crippen LogP contribution in [0.15, 0.2) is 71.8 Å². The maximum atomic E-state index is 12.6. The monoisotopic (exact) mass is 373 g/mol. The van der Waals surface area contributed by atoms with Gasteiger partial charge in [-0.05, 0) is 41.5 Å². The van der Waals surface area contributed by atoms with Gasteiger partial charge < -0.3 is 5.32 Å². The molecule has 0 aliphatic rings. The molecule has 0 spiro atoms. The molecule has 0 radical (unpaired) electrons. The molecule has 28 heavy (non-hydrogen) atoms. The number of hydrogen-bond acceptors (Lipinski definition) is 3. The van der Waals surface area contributed by atoms with Gasteiger partial charge in [0.15, 0.2) is 0 Å². The van der Waals surface area contributed by atoms with Gasteiger partial charge in [0.1, 0.15) is 0 Å². The Hall–Kier alpha value is -3.47. The summed E-state index contributed by atoms with van der Waals surface area (Å²) in [5.41, 5.74) is 5.37. The van der Waals surface area contributed by atoms with Gasteiger partial charge in [-0.2, -0.15) is 5.10 Å². The molecule has 2 N–H and O–H groups in total. The van der Waals surface area contributed by atoms with Crippen molar-refractivity contribution < 1.29 is 9.59 Å². The first kappa shape index (κ1) is 19.3. The number of nitrogens with zero attached hydrogens (tertiary/aromatic N) is 1. The number of hydrogen-bond donors (Lipinski definition) is 2. The van der Waals surface area contributed by atoms with Crippen molar-refractivity contribution in [3.63, 3.8) is 0 Å². The van der Waals surface area contributed by atoms with E-state index in [1.807, 2.05) is 81.4 Å². The molecule has 0 unspecified atom stereocenters. The summed E-state index contributed by atoms with van der Waals surface area (Å²) in [5.74, 6) is -0.408. The number of amides is 2. The van der Waals surface area contributed by atoms with Gasteiger partial charge >= 0.3 is 0 Å². The van der Waals surface area contributed by atoms with Crippen molar-refractivity contribution in [2.24, 2.45) is 11.0 Å². The molecule has 0 atom stereocenters. The maximum absolute atomic E-state index is 12.6. The molecule has 0 saturated carbocycles. The molecule has 0 bridgehead atoms. The highest BCUT2D eigenvalue weighted by atomic mass is 16.2. The van der Waals surface area contributed by atoms with Crippen LogP contribution in [0.3, 0.4) is 0 Å². The standard InChI is InChI=1S/C23H23N3O2/c1-15(2)22(27)24-19-11-6-10-18(14-19)16(3)25-26-23(28)21-13-7-9-17-8-4-5-12-20(17)21/h4-15H,1-3H3,(H,24,27)(H,26,28). The highest BCUT2D eigenvalue weighted by Crippen LogP contribution is 2.18. The van der Waals surface area contributed by atoms with Gasteiger partial charge in [0.25, 0.3) is 5.91 Å². The van der Waals surface area contributed by atoms with Crippen molar-refractivity contribution in [1.29, 1.82) is 0 Å². The number of fused-ring (bicyclic) bond motifs is 1. The first-order chi connectivity index (χ1) is 13.5. The molecular formula is C23H23N3O2. The van der Waals surface area contributed by atoms with Crippen molar-refractivity contribution >= 4 is 34.0 Å². The molecule has 5 nitrogen and oxygen atoms in total. The lowest BCUT2D eigenvalue weighted by atomic mass is 10.0. The molecule has 0 fully saturated rings. The van der Waals surface area contributed by atoms with Crippen LogP contribution in [-0.2, 0) is 4.79 Å². The van der Waals surface area contributed by atoms with Crippen LogP contribution in [0.25, 0.3) is 10.8 Å². The summed E-state index contributed by atoms with van der Waals surface area (Å²) >= 11 is 0. The lowest BCUT2D eigenvalue weighted by molar-refractivity contribution is -0.118. The first-order valence-electron chi connectivity index (χ1n) is 9.19. The number of benzene rings is 3. The summed E-state index contributed by atoms with van der Waals surface area (Å²) in [6.07, 6.45) is 0. The summed E-state index contributed by atoms with van der Waals surface area (Å²) in [6.45, 7) is 5.50. The van der Waals surface area contributed by atoms with Crippen LogP contribution in [0, 0.1) is 5.92 Å². The molecule has 142 valence electrons. The SMILES string of the molecule is CC(=NNC(=O)c1cccc2ccccc12)c1cccc(NC(=O)C(C)C)c1. The Morgan fingerprint density at radius 3 is 2.43 bits per heavy atom. The van der Waals surface area contributed by atoms with Crippen LogP contribution < -0.4 is 10.7 Å². The average molecular weight is 373 g/mol. The largest absolute Gasteiger partial charge is 0.326 e. The molecule has 0 saturated heterocycles. The van der Waals surface area contributed by atoms with Gasteiger partial charge in [-0.15, -0.1) is 0 Å². The predicted molar refractivity (Wildman–Crippen MR) is 114 cm³/mol. The van der Waals surface area contributed by atoms with Crippen molar-refractivity contribution in [2.45, 2.75) is 20.8 Å². The molecule has 0 aliphatic carbocycles. The molecular weight excluding hydrogens is 350 g/mol. The molecule has 3 rings (SSSR count). The topological polar surface area (TPSA) is 70.6 Å². The fourth-order valence-corrected chi connectivity index (χ4v) is 2.79. The van der Waals surface area contributed by atoms with Crippen molar-refractivity contribution in [2.75, 3.05) is 5.32 Å². The van der Waals surface area contributed by atoms with E-state index in [1.54, 1.807) is 6.07 Å². The number of carbonyl (C=O) groups is 2. The van der Waals surface area contributed by atoms with E-state index in [0.29, 0.717) is 17.0 Å². The summed E-state index contributed by atoms with van der Waals surface area (Å²) in [4.78, 5) is 24.5. The summed E-state index contributed by atoms with van der Waals surface area (Å²) in [7, 11) is 0. The smallest absolute Gasteiger partial charge is 0.272 e. The summed E-state index contributed by atoms with van der Waals surface area (Å²) < 4.78 is 0. The van der Waals surface area contributed by atoms with Crippen LogP contribution in [0.4, 0.5) is 5.69 Å². The number of anilines is 1. The zero-order valence-electron chi connectivity index (χ0n) is 16.2. The minimum atomic E-state index is -0.264. The van der Waals surface area contributed by atoms with Gasteiger partial charge in [-0.25, -0.2) is 5.43 Å². The van der Waals surface area contributed by atoms with Crippen LogP contribution in [0.1, 0.15) is 36.7 Å². The molecule has 3 aromatic carbocycles. The Kier molecular flexibility index (Phi) is 5.84. The maximum Gasteiger partial charge on any atom is 0.272 e. The lowest BCUT2D eigenvalue weighted by Gasteiger charge is -2.09. The summed E-state index contributed by atoms with van der Waals surface area (Å²) in [6, 6.07) is 20.7. The van der Waals surface area contributed by atoms with Gasteiger partial charge in [0, 0.05) is 17.2 Å². The van der Waals surface area contributed by atoms with E-state index in [1.165, 1.54) is 0 Å². The van der Waals surface area contributed by atoms with Gasteiger partial charge in [-0.1, -0.05) is 62.4 Å². The zero-order chi connectivity index (χ0) is 20.1. The third kappa shape index (κ3) is 4.43. The van der Waals surface area contributed by atoms with Gasteiger partial charge in [-0.3, -0.25) is 9.59 Å². The highest BCUT2D eigenvalue weighted by Gasteiger charge is 2.10. The number of rotatable bonds is 5. The Morgan fingerprint density at radius 1 is 0.929 bits per heavy atom. The van der Waals surface area contributed by atoms with Crippen LogP contribution in [0.2, 0.25) is 0 Å². The minimum Gasteiger partial charge on any atom is -0.326 e. The van der Waals surface area contributed by atoms with E-state index < -0.39 is 0 Å². The van der Waals surface area contributed by atoms with E-state index in [9.17, 15) is 9.59 Å². The molecule has 0 aliphatic heterocycles. The van der Waals surface area contributed by atoms with Gasteiger partial charge in [0.05, 0.1) is 5.71 Å². The van der Waals surface area contributed by atoms with Gasteiger partial charge in [0.2, 0.25) is 5.91 Å². The third-order valence-corrected chi connectivity index (χ3v) is 4.43. The van der Waals surface area contributed by atoms with E-state index >= 15 is 0 Å². The summed E-state index contributed by atoms with van der Waals surface area (Å²) in [5, 5.41) is 8.99. The second-order valence-corrected chi connectivity index (χ2v) is 6.89. The normalized spacial score (nSPS) is 11.5. The fourth-order valence-electron chi connectivity index (χ4n) is 2.79. The number of carbonyl (C=O) groups excluding carboxylic acids is 2. The predicted octanol–water partition coefficient (Wildman–Crippen LogP) is 4.59. The highest BCUT2D eigenvalue weighted by molar-refractivity contribution is 6.08. The lowest BCUT2D eigenvalue weighted by Crippen LogP contribution is -2.20. The average Bonchev–Trinajstić information content (AvgIpc) is 2.71. The van der Waals surface area contributed by atoms with Crippen molar-refractivity contribution in [3.8, 4) is 0 Å². The second kappa shape index (κ2) is 8.48. The van der Waals surface area contributed by atoms with E-state index in [-0.39, 0.29) is 17.7 Å². The number of hydrazone groups is 1. The molecule has 0 heterocycles. The fraction of sp³-hybridized carbons (Fsp3) is 0.174. The quantitative estimate of drug-likeness (QED) is 0.507. The van der Waals surface area contributed by atoms with Crippen LogP contribution in [0.5, 0.6) is 0 Å². The second-order valence-electron chi connectivity index (χ2n) is 6.89. The third-order valence-electron chi connectivity index (χ3n) is 4.43. The Morgan fingerprint density at radius 2 is 1.64 bits per heavy atom. The zero-order valence-corrected chi connectivity index (χ0v) is 16.2. The molecule has 0 aromatic heterocycles. The van der Waals surface area contributed by atoms with E-state index in [0.717, 1.165) is 16.3 Å².